The molecule has 3 heteroatoms. The van der Waals surface area contributed by atoms with E-state index in [9.17, 15) is 0 Å². The summed E-state index contributed by atoms with van der Waals surface area (Å²) in [6, 6.07) is 18.4. The molecule has 0 saturated heterocycles. The molecule has 0 atom stereocenters. The Labute approximate surface area is 124 Å². The van der Waals surface area contributed by atoms with Crippen LogP contribution in [0.3, 0.4) is 0 Å². The summed E-state index contributed by atoms with van der Waals surface area (Å²) in [6.45, 7) is 2.00. The van der Waals surface area contributed by atoms with Gasteiger partial charge in [-0.1, -0.05) is 36.4 Å². The lowest BCUT2D eigenvalue weighted by Gasteiger charge is -2.04. The highest BCUT2D eigenvalue weighted by molar-refractivity contribution is 5.22. The lowest BCUT2D eigenvalue weighted by atomic mass is 10.1. The first-order valence-electron chi connectivity index (χ1n) is 7.07. The van der Waals surface area contributed by atoms with E-state index in [2.05, 4.69) is 27.1 Å². The fraction of sp³-hybridized carbons (Fsp3) is 0.167. The summed E-state index contributed by atoms with van der Waals surface area (Å²) < 4.78 is 0. The fourth-order valence-electron chi connectivity index (χ4n) is 2.29. The molecular weight excluding hydrogens is 258 g/mol. The van der Waals surface area contributed by atoms with Crippen LogP contribution in [-0.4, -0.2) is 15.0 Å². The van der Waals surface area contributed by atoms with Gasteiger partial charge in [-0.2, -0.15) is 0 Å². The Morgan fingerprint density at radius 3 is 2.38 bits per heavy atom. The number of aryl methyl sites for hydroxylation is 1. The van der Waals surface area contributed by atoms with Crippen molar-refractivity contribution in [2.75, 3.05) is 0 Å². The number of rotatable bonds is 4. The van der Waals surface area contributed by atoms with Crippen molar-refractivity contribution in [3.63, 3.8) is 0 Å². The third-order valence-corrected chi connectivity index (χ3v) is 3.28. The Balaban J connectivity index is 1.77. The van der Waals surface area contributed by atoms with Crippen LogP contribution >= 0.6 is 0 Å². The zero-order valence-electron chi connectivity index (χ0n) is 12.0. The highest BCUT2D eigenvalue weighted by Gasteiger charge is 2.03. The van der Waals surface area contributed by atoms with Crippen molar-refractivity contribution >= 4 is 0 Å². The molecule has 0 amide bonds. The second-order valence-corrected chi connectivity index (χ2v) is 5.07. The van der Waals surface area contributed by atoms with E-state index >= 15 is 0 Å². The number of benzene rings is 1. The van der Waals surface area contributed by atoms with Gasteiger partial charge in [-0.05, 0) is 30.7 Å². The summed E-state index contributed by atoms with van der Waals surface area (Å²) in [5.74, 6) is 0.821. The minimum Gasteiger partial charge on any atom is -0.258 e. The zero-order chi connectivity index (χ0) is 14.5. The van der Waals surface area contributed by atoms with Gasteiger partial charge < -0.3 is 0 Å². The van der Waals surface area contributed by atoms with Crippen LogP contribution in [0.2, 0.25) is 0 Å². The Hall–Kier alpha value is -2.55. The molecule has 2 aromatic heterocycles. The van der Waals surface area contributed by atoms with Crippen LogP contribution in [0, 0.1) is 6.92 Å². The zero-order valence-corrected chi connectivity index (χ0v) is 12.0. The summed E-state index contributed by atoms with van der Waals surface area (Å²) in [5, 5.41) is 0. The van der Waals surface area contributed by atoms with Gasteiger partial charge in [-0.3, -0.25) is 4.98 Å². The first kappa shape index (κ1) is 13.4. The van der Waals surface area contributed by atoms with Crippen LogP contribution in [0.25, 0.3) is 0 Å². The Morgan fingerprint density at radius 2 is 1.57 bits per heavy atom. The maximum absolute atomic E-state index is 4.64. The van der Waals surface area contributed by atoms with E-state index in [1.807, 2.05) is 55.6 Å². The molecule has 0 N–H and O–H groups in total. The Morgan fingerprint density at radius 1 is 0.762 bits per heavy atom. The molecule has 3 rings (SSSR count). The standard InChI is InChI=1S/C18H17N3/c1-14-6-5-9-16(20-14)13-18-19-11-10-17(21-18)12-15-7-3-2-4-8-15/h2-11H,12-13H2,1H3. The van der Waals surface area contributed by atoms with Gasteiger partial charge in [0, 0.05) is 29.7 Å². The largest absolute Gasteiger partial charge is 0.258 e. The molecule has 3 aromatic rings. The molecule has 0 unspecified atom stereocenters. The molecule has 104 valence electrons. The van der Waals surface area contributed by atoms with Gasteiger partial charge in [-0.15, -0.1) is 0 Å². The van der Waals surface area contributed by atoms with Gasteiger partial charge in [0.25, 0.3) is 0 Å². The van der Waals surface area contributed by atoms with Crippen molar-refractivity contribution in [1.29, 1.82) is 0 Å². The molecule has 0 fully saturated rings. The maximum Gasteiger partial charge on any atom is 0.134 e. The third kappa shape index (κ3) is 3.72. The van der Waals surface area contributed by atoms with E-state index < -0.39 is 0 Å². The van der Waals surface area contributed by atoms with Crippen molar-refractivity contribution in [2.24, 2.45) is 0 Å². The van der Waals surface area contributed by atoms with Gasteiger partial charge in [0.1, 0.15) is 5.82 Å². The van der Waals surface area contributed by atoms with E-state index in [4.69, 9.17) is 0 Å². The van der Waals surface area contributed by atoms with Crippen LogP contribution in [0.15, 0.2) is 60.8 Å². The quantitative estimate of drug-likeness (QED) is 0.733. The molecule has 0 bridgehead atoms. The minimum atomic E-state index is 0.671. The normalized spacial score (nSPS) is 10.5. The van der Waals surface area contributed by atoms with E-state index in [1.54, 1.807) is 0 Å². The number of hydrogen-bond acceptors (Lipinski definition) is 3. The molecule has 2 heterocycles. The summed E-state index contributed by atoms with van der Waals surface area (Å²) in [4.78, 5) is 13.5. The van der Waals surface area contributed by atoms with Gasteiger partial charge in [0.2, 0.25) is 0 Å². The number of hydrogen-bond donors (Lipinski definition) is 0. The van der Waals surface area contributed by atoms with Crippen LogP contribution in [-0.2, 0) is 12.8 Å². The lowest BCUT2D eigenvalue weighted by Crippen LogP contribution is -2.02. The van der Waals surface area contributed by atoms with Gasteiger partial charge in [0.05, 0.1) is 6.42 Å². The van der Waals surface area contributed by atoms with E-state index in [1.165, 1.54) is 5.56 Å². The van der Waals surface area contributed by atoms with Crippen molar-refractivity contribution in [2.45, 2.75) is 19.8 Å². The van der Waals surface area contributed by atoms with Crippen molar-refractivity contribution < 1.29 is 0 Å². The molecule has 3 nitrogen and oxygen atoms in total. The number of pyridine rings is 1. The summed E-state index contributed by atoms with van der Waals surface area (Å²) in [6.07, 6.45) is 3.33. The molecule has 0 aliphatic rings. The number of aromatic nitrogens is 3. The van der Waals surface area contributed by atoms with Gasteiger partial charge >= 0.3 is 0 Å². The minimum absolute atomic E-state index is 0.671. The highest BCUT2D eigenvalue weighted by atomic mass is 14.9. The summed E-state index contributed by atoms with van der Waals surface area (Å²) in [7, 11) is 0. The fourth-order valence-corrected chi connectivity index (χ4v) is 2.29. The smallest absolute Gasteiger partial charge is 0.134 e. The first-order valence-corrected chi connectivity index (χ1v) is 7.07. The van der Waals surface area contributed by atoms with Crippen molar-refractivity contribution in [1.82, 2.24) is 15.0 Å². The SMILES string of the molecule is Cc1cccc(Cc2nccc(Cc3ccccc3)n2)n1. The average Bonchev–Trinajstić information content (AvgIpc) is 2.49. The molecule has 0 aliphatic heterocycles. The topological polar surface area (TPSA) is 38.7 Å². The van der Waals surface area contributed by atoms with Crippen molar-refractivity contribution in [3.05, 3.63) is 89.3 Å². The van der Waals surface area contributed by atoms with Crippen LogP contribution in [0.1, 0.15) is 28.5 Å². The lowest BCUT2D eigenvalue weighted by molar-refractivity contribution is 0.892. The molecule has 0 aliphatic carbocycles. The summed E-state index contributed by atoms with van der Waals surface area (Å²) in [5.41, 5.74) is 4.33. The molecule has 21 heavy (non-hydrogen) atoms. The monoisotopic (exact) mass is 275 g/mol. The highest BCUT2D eigenvalue weighted by Crippen LogP contribution is 2.09. The second-order valence-electron chi connectivity index (χ2n) is 5.07. The molecule has 0 saturated carbocycles. The van der Waals surface area contributed by atoms with Crippen LogP contribution in [0.4, 0.5) is 0 Å². The summed E-state index contributed by atoms with van der Waals surface area (Å²) >= 11 is 0. The number of nitrogens with zero attached hydrogens (tertiary/aromatic N) is 3. The first-order chi connectivity index (χ1) is 10.3. The van der Waals surface area contributed by atoms with E-state index in [0.717, 1.165) is 29.3 Å². The third-order valence-electron chi connectivity index (χ3n) is 3.28. The molecule has 0 spiro atoms. The Kier molecular flexibility index (Phi) is 4.01. The molecule has 0 radical (unpaired) electrons. The molecule has 1 aromatic carbocycles. The molecular formula is C18H17N3. The second kappa shape index (κ2) is 6.27. The van der Waals surface area contributed by atoms with Crippen LogP contribution in [0.5, 0.6) is 0 Å². The predicted octanol–water partition coefficient (Wildman–Crippen LogP) is 3.36. The van der Waals surface area contributed by atoms with Crippen molar-refractivity contribution in [3.8, 4) is 0 Å². The van der Waals surface area contributed by atoms with Gasteiger partial charge in [-0.25, -0.2) is 9.97 Å². The predicted molar refractivity (Wildman–Crippen MR) is 83.1 cm³/mol. The van der Waals surface area contributed by atoms with Crippen LogP contribution < -0.4 is 0 Å². The van der Waals surface area contributed by atoms with E-state index in [0.29, 0.717) is 6.42 Å². The average molecular weight is 275 g/mol. The maximum atomic E-state index is 4.64. The Bertz CT molecular complexity index is 723. The van der Waals surface area contributed by atoms with Gasteiger partial charge in [0.15, 0.2) is 0 Å². The van der Waals surface area contributed by atoms with E-state index in [-0.39, 0.29) is 0 Å².